The molecule has 0 aromatic carbocycles. The van der Waals surface area contributed by atoms with Crippen molar-refractivity contribution in [1.29, 1.82) is 0 Å². The number of rotatable bonds is 3. The molecule has 0 spiro atoms. The first-order valence-corrected chi connectivity index (χ1v) is 14.7. The second kappa shape index (κ2) is 8.54. The molecule has 0 bridgehead atoms. The van der Waals surface area contributed by atoms with Crippen LogP contribution in [0.3, 0.4) is 0 Å². The van der Waals surface area contributed by atoms with Gasteiger partial charge in [0.2, 0.25) is 0 Å². The molecule has 1 aromatic rings. The fourth-order valence-electron chi connectivity index (χ4n) is 2.04. The van der Waals surface area contributed by atoms with E-state index in [4.69, 9.17) is 17.7 Å². The van der Waals surface area contributed by atoms with Crippen molar-refractivity contribution in [2.45, 2.75) is 30.4 Å². The minimum Gasteiger partial charge on any atom is -0.741 e. The summed E-state index contributed by atoms with van der Waals surface area (Å²) in [6.45, 7) is 9.40. The summed E-state index contributed by atoms with van der Waals surface area (Å²) in [5.74, 6) is 1.28. The number of thiophene rings is 1. The maximum absolute atomic E-state index is 10.7. The van der Waals surface area contributed by atoms with Crippen LogP contribution in [0.15, 0.2) is 17.5 Å². The molecule has 2 atom stereocenters. The van der Waals surface area contributed by atoms with E-state index in [-0.39, 0.29) is 0 Å². The largest absolute Gasteiger partial charge is 0.741 e. The highest BCUT2D eigenvalue weighted by Gasteiger charge is 2.39. The third-order valence-electron chi connectivity index (χ3n) is 2.92. The monoisotopic (exact) mass is 422 g/mol. The first-order chi connectivity index (χ1) is 10.8. The Morgan fingerprint density at radius 3 is 2.42 bits per heavy atom. The van der Waals surface area contributed by atoms with Gasteiger partial charge < -0.3 is 9.29 Å². The molecule has 4 nitrogen and oxygen atoms in total. The zero-order valence-corrected chi connectivity index (χ0v) is 17.1. The van der Waals surface area contributed by atoms with Gasteiger partial charge in [-0.2, -0.15) is 13.2 Å². The highest BCUT2D eigenvalue weighted by atomic mass is 32.2. The summed E-state index contributed by atoms with van der Waals surface area (Å²) in [6, 6.07) is 4.46. The molecule has 140 valence electrons. The molecule has 1 aromatic heterocycles. The predicted molar refractivity (Wildman–Crippen MR) is 94.1 cm³/mol. The maximum Gasteiger partial charge on any atom is 0.485 e. The number of halogens is 3. The van der Waals surface area contributed by atoms with Crippen molar-refractivity contribution in [3.63, 3.8) is 0 Å². The summed E-state index contributed by atoms with van der Waals surface area (Å²) in [6.07, 6.45) is 0. The van der Waals surface area contributed by atoms with Crippen LogP contribution in [0.2, 0.25) is 19.6 Å². The second-order valence-corrected chi connectivity index (χ2v) is 17.1. The number of hydrogen-bond acceptors (Lipinski definition) is 5. The lowest BCUT2D eigenvalue weighted by atomic mass is 10.3. The highest BCUT2D eigenvalue weighted by Crippen LogP contribution is 2.33. The lowest BCUT2D eigenvalue weighted by Gasteiger charge is -2.27. The van der Waals surface area contributed by atoms with Crippen LogP contribution in [-0.2, 0) is 25.7 Å². The molecule has 1 aliphatic heterocycles. The van der Waals surface area contributed by atoms with E-state index >= 15 is 0 Å². The number of ether oxygens (including phenoxy) is 1. The number of hydrogen-bond donors (Lipinski definition) is 0. The van der Waals surface area contributed by atoms with Gasteiger partial charge in [0.15, 0.2) is 15.4 Å². The van der Waals surface area contributed by atoms with Crippen LogP contribution in [0.5, 0.6) is 0 Å². The van der Waals surface area contributed by atoms with Crippen molar-refractivity contribution in [2.24, 2.45) is 0 Å². The SMILES string of the molecule is C[Si](C)(C)C[S+]1CCOC[C@H]1c1cccs1.O=S(=O)([O-])C(F)(F)F. The Morgan fingerprint density at radius 2 is 2.00 bits per heavy atom. The van der Waals surface area contributed by atoms with E-state index in [2.05, 4.69) is 37.2 Å². The highest BCUT2D eigenvalue weighted by molar-refractivity contribution is 7.98. The molecule has 2 rings (SSSR count). The molecule has 1 fully saturated rings. The Morgan fingerprint density at radius 1 is 1.42 bits per heavy atom. The summed E-state index contributed by atoms with van der Waals surface area (Å²) in [5, 5.41) is 4.36. The van der Waals surface area contributed by atoms with Crippen LogP contribution in [-0.4, -0.2) is 50.9 Å². The zero-order chi connectivity index (χ0) is 18.6. The summed E-state index contributed by atoms with van der Waals surface area (Å²) in [5.41, 5.74) is -5.65. The molecule has 0 amide bonds. The predicted octanol–water partition coefficient (Wildman–Crippen LogP) is 3.37. The van der Waals surface area contributed by atoms with Gasteiger partial charge in [0.05, 0.1) is 23.5 Å². The average molecular weight is 423 g/mol. The van der Waals surface area contributed by atoms with Gasteiger partial charge in [-0.05, 0) is 22.3 Å². The van der Waals surface area contributed by atoms with E-state index in [1.807, 2.05) is 11.3 Å². The average Bonchev–Trinajstić information content (AvgIpc) is 2.89. The van der Waals surface area contributed by atoms with Gasteiger partial charge >= 0.3 is 5.51 Å². The summed E-state index contributed by atoms with van der Waals surface area (Å²) >= 11 is 1.90. The maximum atomic E-state index is 10.7. The lowest BCUT2D eigenvalue weighted by molar-refractivity contribution is -0.0517. The van der Waals surface area contributed by atoms with E-state index in [0.717, 1.165) is 13.2 Å². The van der Waals surface area contributed by atoms with Crippen molar-refractivity contribution < 1.29 is 30.9 Å². The normalized spacial score (nSPS) is 22.6. The standard InChI is InChI=1S/C12H21OS2Si.CHF3O3S/c1-16(2,3)10-15-8-6-13-9-12(15)11-5-4-7-14-11;2-1(3,4)8(5,6)7/h4-5,7,12H,6,8-10H2,1-3H3;(H,5,6,7)/q+1;/p-1/t12-,15?;/m0./s1. The molecule has 0 saturated carbocycles. The van der Waals surface area contributed by atoms with Gasteiger partial charge in [0.25, 0.3) is 0 Å². The summed E-state index contributed by atoms with van der Waals surface area (Å²) in [4.78, 5) is 1.54. The Labute approximate surface area is 148 Å². The van der Waals surface area contributed by atoms with Crippen LogP contribution in [0.4, 0.5) is 13.2 Å². The zero-order valence-electron chi connectivity index (χ0n) is 13.6. The van der Waals surface area contributed by atoms with Crippen LogP contribution in [0.1, 0.15) is 10.1 Å². The second-order valence-electron chi connectivity index (χ2n) is 6.43. The lowest BCUT2D eigenvalue weighted by Crippen LogP contribution is -2.40. The summed E-state index contributed by atoms with van der Waals surface area (Å²) in [7, 11) is -6.46. The third-order valence-corrected chi connectivity index (χ3v) is 11.5. The molecule has 1 unspecified atom stereocenters. The van der Waals surface area contributed by atoms with Gasteiger partial charge in [-0.1, -0.05) is 25.7 Å². The fraction of sp³-hybridized carbons (Fsp3) is 0.692. The molecule has 11 heteroatoms. The first-order valence-electron chi connectivity index (χ1n) is 7.11. The van der Waals surface area contributed by atoms with Gasteiger partial charge in [0.1, 0.15) is 13.8 Å². The molecule has 24 heavy (non-hydrogen) atoms. The van der Waals surface area contributed by atoms with Crippen molar-refractivity contribution in [2.75, 3.05) is 24.3 Å². The molecule has 1 aliphatic rings. The topological polar surface area (TPSA) is 66.4 Å². The smallest absolute Gasteiger partial charge is 0.485 e. The molecule has 2 heterocycles. The Balaban J connectivity index is 0.000000307. The summed E-state index contributed by atoms with van der Waals surface area (Å²) < 4.78 is 64.6. The van der Waals surface area contributed by atoms with Crippen LogP contribution < -0.4 is 0 Å². The van der Waals surface area contributed by atoms with Crippen molar-refractivity contribution in [3.05, 3.63) is 22.4 Å². The van der Waals surface area contributed by atoms with Crippen molar-refractivity contribution >= 4 is 40.4 Å². The van der Waals surface area contributed by atoms with Gasteiger partial charge in [-0.3, -0.25) is 0 Å². The van der Waals surface area contributed by atoms with Crippen LogP contribution in [0, 0.1) is 0 Å². The Hall–Kier alpha value is -0.0731. The minimum atomic E-state index is -6.09. The molecular weight excluding hydrogens is 401 g/mol. The van der Waals surface area contributed by atoms with E-state index in [9.17, 15) is 13.2 Å². The number of alkyl halides is 3. The van der Waals surface area contributed by atoms with E-state index in [0.29, 0.717) is 16.1 Å². The minimum absolute atomic E-state index is 0.566. The molecular formula is C13H21F3O4S3Si. The van der Waals surface area contributed by atoms with E-state index < -0.39 is 23.7 Å². The van der Waals surface area contributed by atoms with Gasteiger partial charge in [-0.15, -0.1) is 11.3 Å². The molecule has 0 radical (unpaired) electrons. The van der Waals surface area contributed by atoms with Gasteiger partial charge in [-0.25, -0.2) is 8.42 Å². The van der Waals surface area contributed by atoms with E-state index in [1.54, 1.807) is 4.88 Å². The first kappa shape index (κ1) is 22.0. The Kier molecular flexibility index (Phi) is 7.82. The molecule has 0 aliphatic carbocycles. The van der Waals surface area contributed by atoms with Gasteiger partial charge in [0, 0.05) is 0 Å². The van der Waals surface area contributed by atoms with Crippen LogP contribution in [0.25, 0.3) is 0 Å². The fourth-order valence-corrected chi connectivity index (χ4v) is 10.5. The third kappa shape index (κ3) is 7.44. The van der Waals surface area contributed by atoms with E-state index in [1.165, 1.54) is 11.1 Å². The van der Waals surface area contributed by atoms with Crippen molar-refractivity contribution in [3.8, 4) is 0 Å². The molecule has 0 N–H and O–H groups in total. The van der Waals surface area contributed by atoms with Crippen LogP contribution >= 0.6 is 11.3 Å². The quantitative estimate of drug-likeness (QED) is 0.324. The van der Waals surface area contributed by atoms with Crippen molar-refractivity contribution in [1.82, 2.24) is 0 Å². The Bertz CT molecular complexity index is 597. The molecule has 1 saturated heterocycles.